The van der Waals surface area contributed by atoms with Crippen molar-refractivity contribution >= 4 is 0 Å². The second kappa shape index (κ2) is 19.5. The highest BCUT2D eigenvalue weighted by atomic mass is 15.2. The second-order valence-corrected chi connectivity index (χ2v) is 9.73. The van der Waals surface area contributed by atoms with Crippen molar-refractivity contribution in [3.05, 3.63) is 60.2 Å². The van der Waals surface area contributed by atoms with E-state index in [4.69, 9.17) is 0 Å². The molecule has 0 aliphatic heterocycles. The molecule has 0 aliphatic carbocycles. The van der Waals surface area contributed by atoms with E-state index in [0.717, 1.165) is 39.3 Å². The van der Waals surface area contributed by atoms with Crippen molar-refractivity contribution in [2.45, 2.75) is 104 Å². The molecule has 2 aromatic heterocycles. The highest BCUT2D eigenvalue weighted by molar-refractivity contribution is 5.04. The van der Waals surface area contributed by atoms with E-state index in [2.05, 4.69) is 57.9 Å². The molecule has 4 nitrogen and oxygen atoms in total. The number of unbranched alkanes of at least 4 members (excludes halogenated alkanes) is 10. The number of hydrogen-bond acceptors (Lipinski definition) is 4. The molecule has 0 fully saturated rings. The van der Waals surface area contributed by atoms with Gasteiger partial charge in [0, 0.05) is 38.6 Å². The monoisotopic (exact) mass is 466 g/mol. The molecule has 0 radical (unpaired) electrons. The van der Waals surface area contributed by atoms with Crippen LogP contribution in [0.2, 0.25) is 0 Å². The zero-order valence-electron chi connectivity index (χ0n) is 22.1. The second-order valence-electron chi connectivity index (χ2n) is 9.73. The fraction of sp³-hybridized carbons (Fsp3) is 0.667. The molecule has 0 aromatic carbocycles. The van der Waals surface area contributed by atoms with Crippen LogP contribution in [0.4, 0.5) is 0 Å². The summed E-state index contributed by atoms with van der Waals surface area (Å²) in [5, 5.41) is 0. The third-order valence-electron chi connectivity index (χ3n) is 6.61. The summed E-state index contributed by atoms with van der Waals surface area (Å²) in [6.45, 7) is 11.0. The lowest BCUT2D eigenvalue weighted by Gasteiger charge is -2.27. The molecule has 0 N–H and O–H groups in total. The number of aromatic nitrogens is 2. The zero-order valence-corrected chi connectivity index (χ0v) is 22.1. The van der Waals surface area contributed by atoms with E-state index >= 15 is 0 Å². The third kappa shape index (κ3) is 13.8. The first-order valence-corrected chi connectivity index (χ1v) is 14.1. The maximum atomic E-state index is 4.60. The number of pyridine rings is 2. The van der Waals surface area contributed by atoms with Crippen LogP contribution in [0.5, 0.6) is 0 Å². The Bertz CT molecular complexity index is 630. The summed E-state index contributed by atoms with van der Waals surface area (Å²) in [4.78, 5) is 14.4. The lowest BCUT2D eigenvalue weighted by atomic mass is 10.1. The van der Waals surface area contributed by atoms with E-state index in [0.29, 0.717) is 0 Å². The van der Waals surface area contributed by atoms with Crippen LogP contribution in [0.25, 0.3) is 0 Å². The van der Waals surface area contributed by atoms with Gasteiger partial charge in [0.1, 0.15) is 0 Å². The van der Waals surface area contributed by atoms with Gasteiger partial charge >= 0.3 is 0 Å². The Kier molecular flexibility index (Phi) is 16.3. The number of rotatable bonds is 21. The van der Waals surface area contributed by atoms with Crippen molar-refractivity contribution in [1.82, 2.24) is 19.8 Å². The number of nitrogens with zero attached hydrogens (tertiary/aromatic N) is 4. The van der Waals surface area contributed by atoms with Crippen molar-refractivity contribution in [2.75, 3.05) is 26.2 Å². The van der Waals surface area contributed by atoms with E-state index in [-0.39, 0.29) is 0 Å². The Morgan fingerprint density at radius 2 is 0.912 bits per heavy atom. The summed E-state index contributed by atoms with van der Waals surface area (Å²) in [5.41, 5.74) is 2.36. The molecule has 34 heavy (non-hydrogen) atoms. The minimum absolute atomic E-state index is 0.949. The maximum absolute atomic E-state index is 4.60. The minimum atomic E-state index is 0.949. The Labute approximate surface area is 210 Å². The molecule has 0 saturated heterocycles. The first-order chi connectivity index (χ1) is 16.8. The van der Waals surface area contributed by atoms with Gasteiger partial charge in [-0.05, 0) is 50.2 Å². The third-order valence-corrected chi connectivity index (χ3v) is 6.61. The van der Waals surface area contributed by atoms with E-state index in [1.54, 1.807) is 0 Å². The molecule has 2 heterocycles. The topological polar surface area (TPSA) is 32.3 Å². The lowest BCUT2D eigenvalue weighted by Crippen LogP contribution is -2.36. The van der Waals surface area contributed by atoms with Gasteiger partial charge in [-0.3, -0.25) is 19.8 Å². The maximum Gasteiger partial charge on any atom is 0.0543 e. The average Bonchev–Trinajstić information content (AvgIpc) is 2.87. The van der Waals surface area contributed by atoms with E-state index < -0.39 is 0 Å². The first-order valence-electron chi connectivity index (χ1n) is 14.1. The van der Waals surface area contributed by atoms with Gasteiger partial charge in [0.25, 0.3) is 0 Å². The Morgan fingerprint density at radius 3 is 1.29 bits per heavy atom. The molecular formula is C30H50N4. The van der Waals surface area contributed by atoms with E-state index in [1.165, 1.54) is 88.4 Å². The molecule has 0 atom stereocenters. The smallest absolute Gasteiger partial charge is 0.0543 e. The molecule has 2 rings (SSSR count). The molecule has 2 aromatic rings. The highest BCUT2D eigenvalue weighted by Crippen LogP contribution is 2.11. The summed E-state index contributed by atoms with van der Waals surface area (Å²) < 4.78 is 0. The van der Waals surface area contributed by atoms with Gasteiger partial charge in [0.05, 0.1) is 11.4 Å². The summed E-state index contributed by atoms with van der Waals surface area (Å²) >= 11 is 0. The largest absolute Gasteiger partial charge is 0.296 e. The normalized spacial score (nSPS) is 11.5. The standard InChI is InChI=1S/C30H50N4/c1-3-5-7-9-11-17-23-33(27-29-19-13-15-21-31-29)25-26-34(24-18-12-10-8-6-4-2)28-30-20-14-16-22-32-30/h13-16,19-22H,3-12,17-18,23-28H2,1-2H3. The van der Waals surface area contributed by atoms with Crippen LogP contribution < -0.4 is 0 Å². The van der Waals surface area contributed by atoms with Gasteiger partial charge < -0.3 is 0 Å². The van der Waals surface area contributed by atoms with Crippen LogP contribution in [-0.2, 0) is 13.1 Å². The fourth-order valence-electron chi connectivity index (χ4n) is 4.50. The van der Waals surface area contributed by atoms with E-state index in [9.17, 15) is 0 Å². The molecule has 190 valence electrons. The highest BCUT2D eigenvalue weighted by Gasteiger charge is 2.12. The zero-order chi connectivity index (χ0) is 24.1. The predicted molar refractivity (Wildman–Crippen MR) is 146 cm³/mol. The van der Waals surface area contributed by atoms with Gasteiger partial charge in [-0.25, -0.2) is 0 Å². The van der Waals surface area contributed by atoms with Crippen LogP contribution >= 0.6 is 0 Å². The van der Waals surface area contributed by atoms with Gasteiger partial charge in [0.15, 0.2) is 0 Å². The van der Waals surface area contributed by atoms with Gasteiger partial charge in [-0.2, -0.15) is 0 Å². The minimum Gasteiger partial charge on any atom is -0.296 e. The quantitative estimate of drug-likeness (QED) is 0.178. The predicted octanol–water partition coefficient (Wildman–Crippen LogP) is 7.50. The van der Waals surface area contributed by atoms with Crippen LogP contribution in [0.1, 0.15) is 102 Å². The molecule has 0 bridgehead atoms. The average molecular weight is 467 g/mol. The van der Waals surface area contributed by atoms with Gasteiger partial charge in [-0.15, -0.1) is 0 Å². The van der Waals surface area contributed by atoms with Gasteiger partial charge in [0.2, 0.25) is 0 Å². The molecule has 0 amide bonds. The fourth-order valence-corrected chi connectivity index (χ4v) is 4.50. The summed E-state index contributed by atoms with van der Waals surface area (Å²) in [6.07, 6.45) is 20.0. The summed E-state index contributed by atoms with van der Waals surface area (Å²) in [7, 11) is 0. The van der Waals surface area contributed by atoms with Crippen LogP contribution in [0.3, 0.4) is 0 Å². The molecular weight excluding hydrogens is 416 g/mol. The van der Waals surface area contributed by atoms with E-state index in [1.807, 2.05) is 24.5 Å². The van der Waals surface area contributed by atoms with Crippen molar-refractivity contribution in [3.8, 4) is 0 Å². The van der Waals surface area contributed by atoms with Crippen molar-refractivity contribution < 1.29 is 0 Å². The first kappa shape index (κ1) is 28.5. The van der Waals surface area contributed by atoms with Crippen molar-refractivity contribution in [3.63, 3.8) is 0 Å². The molecule has 0 spiro atoms. The molecule has 4 heteroatoms. The lowest BCUT2D eigenvalue weighted by molar-refractivity contribution is 0.185. The molecule has 0 saturated carbocycles. The van der Waals surface area contributed by atoms with Crippen LogP contribution in [0.15, 0.2) is 48.8 Å². The Morgan fingerprint density at radius 1 is 0.500 bits per heavy atom. The molecule has 0 aliphatic rings. The molecule has 0 unspecified atom stereocenters. The van der Waals surface area contributed by atoms with Gasteiger partial charge in [-0.1, -0.05) is 90.2 Å². The Balaban J connectivity index is 1.87. The number of hydrogen-bond donors (Lipinski definition) is 0. The Hall–Kier alpha value is -1.78. The van der Waals surface area contributed by atoms with Crippen LogP contribution in [0, 0.1) is 0 Å². The van der Waals surface area contributed by atoms with Crippen molar-refractivity contribution in [1.29, 1.82) is 0 Å². The summed E-state index contributed by atoms with van der Waals surface area (Å²) in [6, 6.07) is 12.6. The summed E-state index contributed by atoms with van der Waals surface area (Å²) in [5.74, 6) is 0. The SMILES string of the molecule is CCCCCCCCN(CCN(CCCCCCCC)Cc1ccccn1)Cc1ccccn1. The van der Waals surface area contributed by atoms with Crippen molar-refractivity contribution in [2.24, 2.45) is 0 Å². The van der Waals surface area contributed by atoms with Crippen LogP contribution in [-0.4, -0.2) is 45.9 Å².